The Morgan fingerprint density at radius 3 is 2.52 bits per heavy atom. The molecule has 1 aliphatic heterocycles. The maximum Gasteiger partial charge on any atom is 0.326 e. The second kappa shape index (κ2) is 7.46. The number of aliphatic carboxylic acids is 2. The van der Waals surface area contributed by atoms with Crippen LogP contribution >= 0.6 is 0 Å². The van der Waals surface area contributed by atoms with Gasteiger partial charge < -0.3 is 25.2 Å². The van der Waals surface area contributed by atoms with E-state index in [0.717, 1.165) is 0 Å². The molecule has 0 bridgehead atoms. The highest BCUT2D eigenvalue weighted by molar-refractivity contribution is 5.86. The molecule has 1 aliphatic rings. The number of carboxylic acids is 2. The minimum atomic E-state index is -1.51. The van der Waals surface area contributed by atoms with Crippen LogP contribution in [-0.4, -0.2) is 65.3 Å². The normalized spacial score (nSPS) is 19.5. The third-order valence-corrected chi connectivity index (χ3v) is 3.22. The number of likely N-dealkylation sites (tertiary alicyclic amines) is 1. The van der Waals surface area contributed by atoms with E-state index >= 15 is 0 Å². The number of piperidine rings is 1. The van der Waals surface area contributed by atoms with Crippen molar-refractivity contribution in [2.45, 2.75) is 25.3 Å². The van der Waals surface area contributed by atoms with E-state index in [2.05, 4.69) is 10.1 Å². The number of nitrogens with zero attached hydrogens (tertiary/aromatic N) is 1. The predicted molar refractivity (Wildman–Crippen MR) is 68.5 cm³/mol. The highest BCUT2D eigenvalue weighted by Gasteiger charge is 2.31. The zero-order valence-corrected chi connectivity index (χ0v) is 11.6. The number of methoxy groups -OCH3 is 1. The van der Waals surface area contributed by atoms with Crippen LogP contribution in [0.4, 0.5) is 4.79 Å². The lowest BCUT2D eigenvalue weighted by atomic mass is 9.98. The maximum atomic E-state index is 12.0. The van der Waals surface area contributed by atoms with Gasteiger partial charge in [0.1, 0.15) is 6.04 Å². The summed E-state index contributed by atoms with van der Waals surface area (Å²) in [6, 6.07) is -2.20. The molecule has 0 aromatic carbocycles. The third kappa shape index (κ3) is 4.93. The molecule has 9 heteroatoms. The van der Waals surface area contributed by atoms with Gasteiger partial charge in [-0.3, -0.25) is 9.59 Å². The molecule has 1 rings (SSSR count). The molecule has 1 saturated heterocycles. The molecule has 21 heavy (non-hydrogen) atoms. The smallest absolute Gasteiger partial charge is 0.326 e. The minimum Gasteiger partial charge on any atom is -0.481 e. The Balaban J connectivity index is 2.62. The Labute approximate surface area is 120 Å². The largest absolute Gasteiger partial charge is 0.481 e. The summed E-state index contributed by atoms with van der Waals surface area (Å²) >= 11 is 0. The Morgan fingerprint density at radius 1 is 1.33 bits per heavy atom. The van der Waals surface area contributed by atoms with Crippen molar-refractivity contribution in [1.82, 2.24) is 10.2 Å². The van der Waals surface area contributed by atoms with Gasteiger partial charge in [-0.2, -0.15) is 0 Å². The number of carbonyl (C=O) groups is 4. The molecule has 2 amide bonds. The first-order valence-corrected chi connectivity index (χ1v) is 6.43. The number of amides is 2. The molecule has 118 valence electrons. The van der Waals surface area contributed by atoms with Gasteiger partial charge in [-0.05, 0) is 12.8 Å². The fraction of sp³-hybridized carbons (Fsp3) is 0.667. The molecule has 0 radical (unpaired) electrons. The van der Waals surface area contributed by atoms with E-state index in [4.69, 9.17) is 10.2 Å². The zero-order valence-electron chi connectivity index (χ0n) is 11.6. The molecule has 2 atom stereocenters. The van der Waals surface area contributed by atoms with Gasteiger partial charge in [-0.25, -0.2) is 9.59 Å². The number of carboxylic acid groups (broad SMARTS) is 2. The Kier molecular flexibility index (Phi) is 5.94. The van der Waals surface area contributed by atoms with Gasteiger partial charge in [0, 0.05) is 13.1 Å². The van der Waals surface area contributed by atoms with Crippen LogP contribution in [0.1, 0.15) is 19.3 Å². The van der Waals surface area contributed by atoms with Gasteiger partial charge in [0.05, 0.1) is 19.4 Å². The monoisotopic (exact) mass is 302 g/mol. The lowest BCUT2D eigenvalue weighted by Gasteiger charge is -2.32. The number of esters is 1. The molecule has 0 saturated carbocycles. The van der Waals surface area contributed by atoms with Crippen molar-refractivity contribution in [3.8, 4) is 0 Å². The molecule has 0 aliphatic carbocycles. The van der Waals surface area contributed by atoms with E-state index in [-0.39, 0.29) is 6.54 Å². The van der Waals surface area contributed by atoms with Crippen molar-refractivity contribution in [3.63, 3.8) is 0 Å². The van der Waals surface area contributed by atoms with Gasteiger partial charge >= 0.3 is 23.9 Å². The number of hydrogen-bond acceptors (Lipinski definition) is 5. The van der Waals surface area contributed by atoms with Crippen LogP contribution in [0.5, 0.6) is 0 Å². The van der Waals surface area contributed by atoms with E-state index in [1.54, 1.807) is 0 Å². The molecule has 0 aromatic heterocycles. The SMILES string of the molecule is COC(=O)C1CCCN(C(=O)NC(CC(=O)O)C(=O)O)C1. The maximum absolute atomic E-state index is 12.0. The van der Waals surface area contributed by atoms with Gasteiger partial charge in [-0.15, -0.1) is 0 Å². The second-order valence-corrected chi connectivity index (χ2v) is 4.75. The molecule has 0 spiro atoms. The van der Waals surface area contributed by atoms with Crippen LogP contribution in [0.15, 0.2) is 0 Å². The van der Waals surface area contributed by atoms with E-state index in [1.165, 1.54) is 12.0 Å². The first-order valence-electron chi connectivity index (χ1n) is 6.43. The number of nitrogens with one attached hydrogen (secondary N) is 1. The standard InChI is InChI=1S/C12H18N2O7/c1-21-11(19)7-3-2-4-14(6-7)12(20)13-8(10(17)18)5-9(15)16/h7-8H,2-6H2,1H3,(H,13,20)(H,15,16)(H,17,18). The van der Waals surface area contributed by atoms with Gasteiger partial charge in [-0.1, -0.05) is 0 Å². The van der Waals surface area contributed by atoms with Crippen molar-refractivity contribution in [1.29, 1.82) is 0 Å². The van der Waals surface area contributed by atoms with Crippen LogP contribution in [0, 0.1) is 5.92 Å². The Morgan fingerprint density at radius 2 is 2.00 bits per heavy atom. The molecule has 1 heterocycles. The predicted octanol–water partition coefficient (Wildman–Crippen LogP) is -0.491. The first-order chi connectivity index (χ1) is 9.85. The highest BCUT2D eigenvalue weighted by Crippen LogP contribution is 2.17. The van der Waals surface area contributed by atoms with Crippen molar-refractivity contribution in [2.75, 3.05) is 20.2 Å². The Bertz CT molecular complexity index is 437. The number of carbonyl (C=O) groups excluding carboxylic acids is 2. The van der Waals surface area contributed by atoms with E-state index in [9.17, 15) is 19.2 Å². The van der Waals surface area contributed by atoms with E-state index < -0.39 is 42.3 Å². The minimum absolute atomic E-state index is 0.123. The van der Waals surface area contributed by atoms with Gasteiger partial charge in [0.2, 0.25) is 0 Å². The summed E-state index contributed by atoms with van der Waals surface area (Å²) in [5, 5.41) is 19.6. The average Bonchev–Trinajstić information content (AvgIpc) is 2.45. The summed E-state index contributed by atoms with van der Waals surface area (Å²) in [5.41, 5.74) is 0. The number of rotatable bonds is 5. The zero-order chi connectivity index (χ0) is 16.0. The van der Waals surface area contributed by atoms with Crippen LogP contribution < -0.4 is 5.32 Å². The van der Waals surface area contributed by atoms with Gasteiger partial charge in [0.15, 0.2) is 0 Å². The summed E-state index contributed by atoms with van der Waals surface area (Å²) in [5.74, 6) is -3.62. The summed E-state index contributed by atoms with van der Waals surface area (Å²) in [4.78, 5) is 46.2. The summed E-state index contributed by atoms with van der Waals surface area (Å²) < 4.78 is 4.62. The number of urea groups is 1. The van der Waals surface area contributed by atoms with Crippen LogP contribution in [-0.2, 0) is 19.1 Å². The molecule has 2 unspecified atom stereocenters. The first kappa shape index (κ1) is 16.7. The number of hydrogen-bond donors (Lipinski definition) is 3. The molecule has 0 aromatic rings. The summed E-state index contributed by atoms with van der Waals surface area (Å²) in [6.45, 7) is 0.497. The van der Waals surface area contributed by atoms with Crippen LogP contribution in [0.2, 0.25) is 0 Å². The Hall–Kier alpha value is -2.32. The fourth-order valence-corrected chi connectivity index (χ4v) is 2.14. The lowest BCUT2D eigenvalue weighted by Crippen LogP contribution is -2.52. The van der Waals surface area contributed by atoms with Crippen molar-refractivity contribution < 1.29 is 34.1 Å². The second-order valence-electron chi connectivity index (χ2n) is 4.75. The van der Waals surface area contributed by atoms with Crippen LogP contribution in [0.3, 0.4) is 0 Å². The van der Waals surface area contributed by atoms with E-state index in [0.29, 0.717) is 19.4 Å². The summed E-state index contributed by atoms with van der Waals surface area (Å²) in [6.07, 6.45) is 0.465. The third-order valence-electron chi connectivity index (χ3n) is 3.22. The summed E-state index contributed by atoms with van der Waals surface area (Å²) in [7, 11) is 1.26. The molecular formula is C12H18N2O7. The average molecular weight is 302 g/mol. The number of ether oxygens (including phenoxy) is 1. The quantitative estimate of drug-likeness (QED) is 0.583. The topological polar surface area (TPSA) is 133 Å². The van der Waals surface area contributed by atoms with Crippen molar-refractivity contribution in [3.05, 3.63) is 0 Å². The van der Waals surface area contributed by atoms with Crippen LogP contribution in [0.25, 0.3) is 0 Å². The molecule has 1 fully saturated rings. The lowest BCUT2D eigenvalue weighted by molar-refractivity contribution is -0.147. The molecule has 9 nitrogen and oxygen atoms in total. The molecular weight excluding hydrogens is 284 g/mol. The molecule has 3 N–H and O–H groups in total. The fourth-order valence-electron chi connectivity index (χ4n) is 2.14. The van der Waals surface area contributed by atoms with Crippen molar-refractivity contribution >= 4 is 23.9 Å². The van der Waals surface area contributed by atoms with E-state index in [1.807, 2.05) is 0 Å². The van der Waals surface area contributed by atoms with Gasteiger partial charge in [0.25, 0.3) is 0 Å². The van der Waals surface area contributed by atoms with Crippen molar-refractivity contribution in [2.24, 2.45) is 5.92 Å². The highest BCUT2D eigenvalue weighted by atomic mass is 16.5.